The lowest BCUT2D eigenvalue weighted by Crippen LogP contribution is -2.38. The van der Waals surface area contributed by atoms with Crippen molar-refractivity contribution in [1.82, 2.24) is 15.6 Å². The molecule has 0 aliphatic carbocycles. The summed E-state index contributed by atoms with van der Waals surface area (Å²) in [4.78, 5) is 9.26. The summed E-state index contributed by atoms with van der Waals surface area (Å²) in [5.74, 6) is 1.72. The van der Waals surface area contributed by atoms with E-state index < -0.39 is 0 Å². The van der Waals surface area contributed by atoms with Gasteiger partial charge in [0.1, 0.15) is 11.9 Å². The van der Waals surface area contributed by atoms with Crippen LogP contribution in [0.5, 0.6) is 5.75 Å². The van der Waals surface area contributed by atoms with Crippen molar-refractivity contribution >= 4 is 17.3 Å². The fraction of sp³-hybridized carbons (Fsp3) is 0.524. The first-order valence-electron chi connectivity index (χ1n) is 9.91. The molecular weight excluding hydrogens is 372 g/mol. The normalized spacial score (nSPS) is 17.0. The van der Waals surface area contributed by atoms with E-state index in [4.69, 9.17) is 14.5 Å². The van der Waals surface area contributed by atoms with Gasteiger partial charge in [-0.25, -0.2) is 9.98 Å². The minimum absolute atomic E-state index is 0.137. The third-order valence-corrected chi connectivity index (χ3v) is 5.32. The number of ether oxygens (including phenoxy) is 2. The first-order valence-corrected chi connectivity index (χ1v) is 10.8. The van der Waals surface area contributed by atoms with Crippen molar-refractivity contribution in [2.75, 3.05) is 26.3 Å². The van der Waals surface area contributed by atoms with Gasteiger partial charge in [-0.15, -0.1) is 11.3 Å². The maximum Gasteiger partial charge on any atom is 0.191 e. The molecule has 0 radical (unpaired) electrons. The number of nitrogens with one attached hydrogen (secondary N) is 2. The molecule has 2 heterocycles. The maximum absolute atomic E-state index is 6.18. The number of hydrogen-bond acceptors (Lipinski definition) is 5. The molecule has 0 saturated carbocycles. The molecule has 3 rings (SSSR count). The molecular formula is C21H30N4O2S. The molecule has 1 fully saturated rings. The summed E-state index contributed by atoms with van der Waals surface area (Å²) in [7, 11) is 0. The molecule has 2 N–H and O–H groups in total. The molecule has 6 nitrogen and oxygen atoms in total. The van der Waals surface area contributed by atoms with Crippen molar-refractivity contribution in [2.45, 2.75) is 46.3 Å². The highest BCUT2D eigenvalue weighted by atomic mass is 32.1. The Balaban J connectivity index is 1.61. The van der Waals surface area contributed by atoms with Crippen LogP contribution in [0.25, 0.3) is 0 Å². The molecule has 152 valence electrons. The molecule has 1 unspecified atom stereocenters. The summed E-state index contributed by atoms with van der Waals surface area (Å²) < 4.78 is 11.6. The van der Waals surface area contributed by atoms with Gasteiger partial charge in [0.25, 0.3) is 0 Å². The zero-order chi connectivity index (χ0) is 19.8. The smallest absolute Gasteiger partial charge is 0.191 e. The molecule has 1 aromatic carbocycles. The van der Waals surface area contributed by atoms with E-state index >= 15 is 0 Å². The van der Waals surface area contributed by atoms with E-state index in [2.05, 4.69) is 53.0 Å². The quantitative estimate of drug-likeness (QED) is 0.524. The van der Waals surface area contributed by atoms with Crippen LogP contribution in [0.4, 0.5) is 0 Å². The van der Waals surface area contributed by atoms with Gasteiger partial charge in [0.2, 0.25) is 0 Å². The number of rotatable bonds is 8. The molecule has 2 aromatic rings. The summed E-state index contributed by atoms with van der Waals surface area (Å²) in [6.07, 6.45) is 1.96. The van der Waals surface area contributed by atoms with Crippen molar-refractivity contribution in [3.8, 4) is 5.75 Å². The number of aryl methyl sites for hydroxylation is 2. The summed E-state index contributed by atoms with van der Waals surface area (Å²) in [5, 5.41) is 9.93. The molecule has 0 spiro atoms. The van der Waals surface area contributed by atoms with Gasteiger partial charge in [0.15, 0.2) is 5.96 Å². The van der Waals surface area contributed by atoms with Gasteiger partial charge in [0.05, 0.1) is 30.5 Å². The van der Waals surface area contributed by atoms with E-state index in [9.17, 15) is 0 Å². The molecule has 7 heteroatoms. The topological polar surface area (TPSA) is 67.8 Å². The molecule has 1 aliphatic rings. The van der Waals surface area contributed by atoms with Crippen molar-refractivity contribution in [3.63, 3.8) is 0 Å². The van der Waals surface area contributed by atoms with Crippen molar-refractivity contribution in [3.05, 3.63) is 45.4 Å². The Morgan fingerprint density at radius 2 is 2.25 bits per heavy atom. The maximum atomic E-state index is 6.18. The summed E-state index contributed by atoms with van der Waals surface area (Å²) in [5.41, 5.74) is 3.40. The van der Waals surface area contributed by atoms with Gasteiger partial charge in [-0.1, -0.05) is 12.1 Å². The SMILES string of the molecule is CCNC(=NCc1ccc(C)cc1OC1CCOC1)NCCc1csc(C)n1. The first-order chi connectivity index (χ1) is 13.6. The van der Waals surface area contributed by atoms with Crippen LogP contribution in [0.3, 0.4) is 0 Å². The predicted octanol–water partition coefficient (Wildman–Crippen LogP) is 3.23. The number of nitrogens with zero attached hydrogens (tertiary/aromatic N) is 2. The lowest BCUT2D eigenvalue weighted by Gasteiger charge is -2.16. The largest absolute Gasteiger partial charge is 0.488 e. The average Bonchev–Trinajstić information content (AvgIpc) is 3.32. The second kappa shape index (κ2) is 10.4. The number of aliphatic imine (C=N–C) groups is 1. The minimum atomic E-state index is 0.137. The van der Waals surface area contributed by atoms with Crippen molar-refractivity contribution < 1.29 is 9.47 Å². The summed E-state index contributed by atoms with van der Waals surface area (Å²) in [6, 6.07) is 6.30. The highest BCUT2D eigenvalue weighted by Crippen LogP contribution is 2.24. The third kappa shape index (κ3) is 6.21. The Labute approximate surface area is 171 Å². The van der Waals surface area contributed by atoms with Crippen LogP contribution in [-0.2, 0) is 17.7 Å². The Morgan fingerprint density at radius 3 is 2.96 bits per heavy atom. The fourth-order valence-electron chi connectivity index (χ4n) is 3.03. The van der Waals surface area contributed by atoms with Crippen LogP contribution >= 0.6 is 11.3 Å². The van der Waals surface area contributed by atoms with Crippen molar-refractivity contribution in [1.29, 1.82) is 0 Å². The Bertz CT molecular complexity index is 784. The molecule has 0 bridgehead atoms. The van der Waals surface area contributed by atoms with Gasteiger partial charge >= 0.3 is 0 Å². The second-order valence-corrected chi connectivity index (χ2v) is 8.01. The van der Waals surface area contributed by atoms with Crippen LogP contribution in [0.15, 0.2) is 28.6 Å². The molecule has 1 aliphatic heterocycles. The van der Waals surface area contributed by atoms with Gasteiger partial charge in [0, 0.05) is 36.9 Å². The Hall–Kier alpha value is -2.12. The lowest BCUT2D eigenvalue weighted by atomic mass is 10.1. The van der Waals surface area contributed by atoms with E-state index in [0.29, 0.717) is 13.2 Å². The minimum Gasteiger partial charge on any atom is -0.488 e. The van der Waals surface area contributed by atoms with E-state index in [1.807, 2.05) is 6.92 Å². The van der Waals surface area contributed by atoms with E-state index in [1.165, 1.54) is 5.56 Å². The number of guanidine groups is 1. The highest BCUT2D eigenvalue weighted by molar-refractivity contribution is 7.09. The van der Waals surface area contributed by atoms with Gasteiger partial charge in [-0.2, -0.15) is 0 Å². The van der Waals surface area contributed by atoms with Gasteiger partial charge < -0.3 is 20.1 Å². The number of benzene rings is 1. The lowest BCUT2D eigenvalue weighted by molar-refractivity contribution is 0.140. The summed E-state index contributed by atoms with van der Waals surface area (Å²) >= 11 is 1.69. The molecule has 28 heavy (non-hydrogen) atoms. The molecule has 1 atom stereocenters. The van der Waals surface area contributed by atoms with Crippen LogP contribution in [0.1, 0.15) is 35.2 Å². The van der Waals surface area contributed by atoms with Crippen molar-refractivity contribution in [2.24, 2.45) is 4.99 Å². The molecule has 1 aromatic heterocycles. The Morgan fingerprint density at radius 1 is 1.36 bits per heavy atom. The zero-order valence-corrected chi connectivity index (χ0v) is 17.8. The van der Waals surface area contributed by atoms with Crippen LogP contribution in [-0.4, -0.2) is 43.4 Å². The monoisotopic (exact) mass is 402 g/mol. The van der Waals surface area contributed by atoms with Gasteiger partial charge in [-0.05, 0) is 32.4 Å². The zero-order valence-electron chi connectivity index (χ0n) is 17.0. The summed E-state index contributed by atoms with van der Waals surface area (Å²) in [6.45, 7) is 9.80. The van der Waals surface area contributed by atoms with Crippen LogP contribution in [0.2, 0.25) is 0 Å². The number of thiazole rings is 1. The number of aromatic nitrogens is 1. The standard InChI is InChI=1S/C21H30N4O2S/c1-4-22-21(23-9-7-18-14-28-16(3)25-18)24-12-17-6-5-15(2)11-20(17)27-19-8-10-26-13-19/h5-6,11,14,19H,4,7-10,12-13H2,1-3H3,(H2,22,23,24). The van der Waals surface area contributed by atoms with Gasteiger partial charge in [-0.3, -0.25) is 0 Å². The molecule has 1 saturated heterocycles. The van der Waals surface area contributed by atoms with Crippen LogP contribution < -0.4 is 15.4 Å². The number of hydrogen-bond donors (Lipinski definition) is 2. The predicted molar refractivity (Wildman–Crippen MR) is 114 cm³/mol. The second-order valence-electron chi connectivity index (χ2n) is 6.94. The fourth-order valence-corrected chi connectivity index (χ4v) is 3.67. The average molecular weight is 403 g/mol. The van der Waals surface area contributed by atoms with E-state index in [-0.39, 0.29) is 6.10 Å². The van der Waals surface area contributed by atoms with E-state index in [1.54, 1.807) is 11.3 Å². The molecule has 0 amide bonds. The first kappa shape index (κ1) is 20.6. The highest BCUT2D eigenvalue weighted by Gasteiger charge is 2.18. The third-order valence-electron chi connectivity index (χ3n) is 4.50. The van der Waals surface area contributed by atoms with E-state index in [0.717, 1.165) is 60.5 Å². The Kier molecular flexibility index (Phi) is 7.68. The van der Waals surface area contributed by atoms with Crippen LogP contribution in [0, 0.1) is 13.8 Å².